The van der Waals surface area contributed by atoms with E-state index >= 15 is 0 Å². The van der Waals surface area contributed by atoms with Crippen molar-refractivity contribution in [2.75, 3.05) is 6.54 Å². The van der Waals surface area contributed by atoms with Crippen LogP contribution in [-0.4, -0.2) is 32.5 Å². The molecular weight excluding hydrogens is 357 g/mol. The Hall–Kier alpha value is -2.61. The molecule has 27 heavy (non-hydrogen) atoms. The molecule has 5 nitrogen and oxygen atoms in total. The Balaban J connectivity index is 1.74. The van der Waals surface area contributed by atoms with Gasteiger partial charge in [-0.3, -0.25) is 4.68 Å². The lowest BCUT2D eigenvalue weighted by atomic mass is 10.00. The predicted molar refractivity (Wildman–Crippen MR) is 95.5 cm³/mol. The molecule has 8 heteroatoms. The summed E-state index contributed by atoms with van der Waals surface area (Å²) in [6, 6.07) is 5.95. The first-order valence-electron chi connectivity index (χ1n) is 8.73. The fourth-order valence-electron chi connectivity index (χ4n) is 3.63. The molecule has 0 radical (unpaired) electrons. The molecule has 0 bridgehead atoms. The smallest absolute Gasteiger partial charge is 0.416 e. The highest BCUT2D eigenvalue weighted by Crippen LogP contribution is 2.38. The van der Waals surface area contributed by atoms with E-state index in [0.717, 1.165) is 30.5 Å². The van der Waals surface area contributed by atoms with Crippen LogP contribution in [0.3, 0.4) is 0 Å². The van der Waals surface area contributed by atoms with Crippen LogP contribution in [0.15, 0.2) is 30.5 Å². The van der Waals surface area contributed by atoms with Crippen LogP contribution in [0.1, 0.15) is 30.5 Å². The van der Waals surface area contributed by atoms with Crippen LogP contribution in [0, 0.1) is 6.92 Å². The Bertz CT molecular complexity index is 989. The van der Waals surface area contributed by atoms with Crippen LogP contribution >= 0.6 is 0 Å². The van der Waals surface area contributed by atoms with Crippen LogP contribution in [0.2, 0.25) is 0 Å². The molecule has 2 aromatic heterocycles. The van der Waals surface area contributed by atoms with Crippen LogP contribution in [0.5, 0.6) is 5.75 Å². The number of alkyl halides is 3. The minimum atomic E-state index is -4.51. The molecule has 0 spiro atoms. The molecule has 0 aliphatic carbocycles. The third-order valence-corrected chi connectivity index (χ3v) is 4.99. The SMILES string of the molecule is Cc1cc(C(F)(F)F)cc(O)c1-c1ccc2cn(C3CN[C@H](C)C3)nc2n1. The van der Waals surface area contributed by atoms with Crippen molar-refractivity contribution in [3.8, 4) is 17.0 Å². The predicted octanol–water partition coefficient (Wildman–Crippen LogP) is 4.05. The van der Waals surface area contributed by atoms with Gasteiger partial charge in [-0.05, 0) is 50.1 Å². The summed E-state index contributed by atoms with van der Waals surface area (Å²) in [5.74, 6) is -0.442. The van der Waals surface area contributed by atoms with E-state index in [9.17, 15) is 18.3 Å². The van der Waals surface area contributed by atoms with Gasteiger partial charge in [0.1, 0.15) is 5.75 Å². The summed E-state index contributed by atoms with van der Waals surface area (Å²) in [5.41, 5.74) is 0.618. The number of hydrogen-bond donors (Lipinski definition) is 2. The minimum Gasteiger partial charge on any atom is -0.507 e. The molecule has 0 saturated carbocycles. The summed E-state index contributed by atoms with van der Waals surface area (Å²) in [5, 5.41) is 19.0. The van der Waals surface area contributed by atoms with Gasteiger partial charge in [-0.25, -0.2) is 4.98 Å². The third kappa shape index (κ3) is 3.25. The van der Waals surface area contributed by atoms with Gasteiger partial charge >= 0.3 is 6.18 Å². The summed E-state index contributed by atoms with van der Waals surface area (Å²) in [4.78, 5) is 4.48. The number of rotatable bonds is 2. The highest BCUT2D eigenvalue weighted by Gasteiger charge is 2.32. The van der Waals surface area contributed by atoms with Gasteiger partial charge in [0.2, 0.25) is 0 Å². The number of pyridine rings is 1. The molecule has 4 rings (SSSR count). The lowest BCUT2D eigenvalue weighted by Crippen LogP contribution is -2.17. The standard InChI is InChI=1S/C19H19F3N4O/c1-10-5-13(19(20,21)22)7-16(27)17(10)15-4-3-12-9-26(25-18(12)24-15)14-6-11(2)23-8-14/h3-5,7,9,11,14,23,27H,6,8H2,1-2H3/t11-,14?/m1/s1. The molecule has 1 unspecified atom stereocenters. The van der Waals surface area contributed by atoms with E-state index in [2.05, 4.69) is 22.3 Å². The zero-order valence-electron chi connectivity index (χ0n) is 14.9. The summed E-state index contributed by atoms with van der Waals surface area (Å²) < 4.78 is 40.7. The molecule has 1 aliphatic heterocycles. The Labute approximate surface area is 153 Å². The average molecular weight is 376 g/mol. The molecule has 2 N–H and O–H groups in total. The van der Waals surface area contributed by atoms with Gasteiger partial charge in [-0.1, -0.05) is 0 Å². The summed E-state index contributed by atoms with van der Waals surface area (Å²) in [7, 11) is 0. The van der Waals surface area contributed by atoms with E-state index in [0.29, 0.717) is 22.9 Å². The maximum Gasteiger partial charge on any atom is 0.416 e. The van der Waals surface area contributed by atoms with Crippen molar-refractivity contribution >= 4 is 11.0 Å². The van der Waals surface area contributed by atoms with Crippen molar-refractivity contribution in [2.24, 2.45) is 0 Å². The Morgan fingerprint density at radius 3 is 2.67 bits per heavy atom. The van der Waals surface area contributed by atoms with Gasteiger partial charge in [0.05, 0.1) is 17.3 Å². The van der Waals surface area contributed by atoms with Gasteiger partial charge in [-0.15, -0.1) is 0 Å². The van der Waals surface area contributed by atoms with Gasteiger partial charge < -0.3 is 10.4 Å². The number of aromatic nitrogens is 3. The lowest BCUT2D eigenvalue weighted by Gasteiger charge is -2.13. The van der Waals surface area contributed by atoms with Crippen molar-refractivity contribution < 1.29 is 18.3 Å². The first-order chi connectivity index (χ1) is 12.7. The van der Waals surface area contributed by atoms with Gasteiger partial charge in [0, 0.05) is 29.7 Å². The Kier molecular flexibility index (Phi) is 4.10. The van der Waals surface area contributed by atoms with Crippen LogP contribution in [-0.2, 0) is 6.18 Å². The number of phenolic OH excluding ortho intramolecular Hbond substituents is 1. The zero-order chi connectivity index (χ0) is 19.3. The second kappa shape index (κ2) is 6.23. The Morgan fingerprint density at radius 1 is 1.26 bits per heavy atom. The topological polar surface area (TPSA) is 63.0 Å². The second-order valence-corrected chi connectivity index (χ2v) is 7.10. The van der Waals surface area contributed by atoms with E-state index < -0.39 is 17.5 Å². The number of benzene rings is 1. The molecule has 142 valence electrons. The molecule has 1 fully saturated rings. The van der Waals surface area contributed by atoms with E-state index in [1.54, 1.807) is 6.07 Å². The number of aromatic hydroxyl groups is 1. The molecule has 1 aliphatic rings. The minimum absolute atomic E-state index is 0.249. The monoisotopic (exact) mass is 376 g/mol. The van der Waals surface area contributed by atoms with Crippen molar-refractivity contribution in [2.45, 2.75) is 38.5 Å². The van der Waals surface area contributed by atoms with Gasteiger partial charge in [-0.2, -0.15) is 18.3 Å². The zero-order valence-corrected chi connectivity index (χ0v) is 14.9. The van der Waals surface area contributed by atoms with E-state index in [-0.39, 0.29) is 11.6 Å². The maximum absolute atomic E-state index is 12.9. The number of aryl methyl sites for hydroxylation is 1. The first kappa shape index (κ1) is 17.8. The van der Waals surface area contributed by atoms with Gasteiger partial charge in [0.15, 0.2) is 5.65 Å². The number of nitrogens with one attached hydrogen (secondary N) is 1. The number of phenols is 1. The largest absolute Gasteiger partial charge is 0.507 e. The van der Waals surface area contributed by atoms with Crippen molar-refractivity contribution in [3.63, 3.8) is 0 Å². The summed E-state index contributed by atoms with van der Waals surface area (Å²) >= 11 is 0. The van der Waals surface area contributed by atoms with Crippen LogP contribution < -0.4 is 5.32 Å². The fraction of sp³-hybridized carbons (Fsp3) is 0.368. The number of hydrogen-bond acceptors (Lipinski definition) is 4. The van der Waals surface area contributed by atoms with Crippen molar-refractivity contribution in [1.82, 2.24) is 20.1 Å². The molecule has 3 heterocycles. The lowest BCUT2D eigenvalue weighted by molar-refractivity contribution is -0.137. The van der Waals surface area contributed by atoms with E-state index in [1.165, 1.54) is 6.92 Å². The van der Waals surface area contributed by atoms with Crippen LogP contribution in [0.4, 0.5) is 13.2 Å². The fourth-order valence-corrected chi connectivity index (χ4v) is 3.63. The third-order valence-electron chi connectivity index (χ3n) is 4.99. The Morgan fingerprint density at radius 2 is 2.04 bits per heavy atom. The normalized spacial score (nSPS) is 20.5. The molecule has 0 amide bonds. The van der Waals surface area contributed by atoms with E-state index in [4.69, 9.17) is 0 Å². The van der Waals surface area contributed by atoms with E-state index in [1.807, 2.05) is 16.9 Å². The van der Waals surface area contributed by atoms with Gasteiger partial charge in [0.25, 0.3) is 0 Å². The summed E-state index contributed by atoms with van der Waals surface area (Å²) in [6.45, 7) is 4.48. The highest BCUT2D eigenvalue weighted by atomic mass is 19.4. The quantitative estimate of drug-likeness (QED) is 0.708. The number of nitrogens with zero attached hydrogens (tertiary/aromatic N) is 3. The van der Waals surface area contributed by atoms with Crippen molar-refractivity contribution in [3.05, 3.63) is 41.6 Å². The first-order valence-corrected chi connectivity index (χ1v) is 8.73. The average Bonchev–Trinajstić information content (AvgIpc) is 3.18. The second-order valence-electron chi connectivity index (χ2n) is 7.10. The van der Waals surface area contributed by atoms with Crippen molar-refractivity contribution in [1.29, 1.82) is 0 Å². The molecular formula is C19H19F3N4O. The molecule has 1 aromatic carbocycles. The maximum atomic E-state index is 12.9. The highest BCUT2D eigenvalue weighted by molar-refractivity contribution is 5.80. The molecule has 3 aromatic rings. The number of halogens is 3. The molecule has 2 atom stereocenters. The molecule has 1 saturated heterocycles. The summed E-state index contributed by atoms with van der Waals surface area (Å²) in [6.07, 6.45) is -1.61. The number of fused-ring (bicyclic) bond motifs is 1. The van der Waals surface area contributed by atoms with Crippen LogP contribution in [0.25, 0.3) is 22.3 Å².